The number of pyridine rings is 1. The highest BCUT2D eigenvalue weighted by atomic mass is 79.9. The average Bonchev–Trinajstić information content (AvgIpc) is 2.71. The summed E-state index contributed by atoms with van der Waals surface area (Å²) in [7, 11) is 0. The number of fused-ring (bicyclic) bond motifs is 1. The van der Waals surface area contributed by atoms with Crippen molar-refractivity contribution in [3.63, 3.8) is 0 Å². The van der Waals surface area contributed by atoms with E-state index in [9.17, 15) is 0 Å². The molecule has 2 heterocycles. The number of para-hydroxylation sites is 1. The summed E-state index contributed by atoms with van der Waals surface area (Å²) in [5, 5.41) is 5.33. The zero-order valence-corrected chi connectivity index (χ0v) is 11.1. The van der Waals surface area contributed by atoms with E-state index in [2.05, 4.69) is 32.1 Å². The summed E-state index contributed by atoms with van der Waals surface area (Å²) >= 11 is 3.34. The number of nitrogen functional groups attached to an aromatic ring is 1. The molecule has 2 N–H and O–H groups in total. The number of anilines is 1. The Bertz CT molecular complexity index is 705. The lowest BCUT2D eigenvalue weighted by Crippen LogP contribution is -2.07. The molecule has 0 amide bonds. The van der Waals surface area contributed by atoms with Gasteiger partial charge in [-0.05, 0) is 28.1 Å². The third-order valence-corrected chi connectivity index (χ3v) is 3.41. The SMILES string of the molecule is Nc1c(Br)cnn1Cc1ccc2ccccc2n1. The van der Waals surface area contributed by atoms with E-state index < -0.39 is 0 Å². The molecule has 0 aliphatic carbocycles. The first-order valence-corrected chi connectivity index (χ1v) is 6.35. The molecule has 0 bridgehead atoms. The minimum absolute atomic E-state index is 0.572. The lowest BCUT2D eigenvalue weighted by molar-refractivity contribution is 0.684. The molecule has 0 saturated heterocycles. The van der Waals surface area contributed by atoms with Gasteiger partial charge in [0.25, 0.3) is 0 Å². The summed E-state index contributed by atoms with van der Waals surface area (Å²) in [5.41, 5.74) is 7.82. The molecule has 0 aliphatic heterocycles. The zero-order valence-electron chi connectivity index (χ0n) is 9.55. The molecule has 4 nitrogen and oxygen atoms in total. The van der Waals surface area contributed by atoms with Gasteiger partial charge in [0, 0.05) is 5.39 Å². The maximum absolute atomic E-state index is 5.89. The molecule has 0 radical (unpaired) electrons. The third kappa shape index (κ3) is 1.97. The summed E-state index contributed by atoms with van der Waals surface area (Å²) in [4.78, 5) is 4.59. The first kappa shape index (κ1) is 11.2. The van der Waals surface area contributed by atoms with E-state index in [0.29, 0.717) is 12.4 Å². The fourth-order valence-electron chi connectivity index (χ4n) is 1.85. The standard InChI is InChI=1S/C13H11BrN4/c14-11-7-16-18(13(11)15)8-10-6-5-9-3-1-2-4-12(9)17-10/h1-7H,8,15H2. The molecule has 0 unspecified atom stereocenters. The van der Waals surface area contributed by atoms with Gasteiger partial charge in [-0.25, -0.2) is 4.68 Å². The molecule has 0 saturated carbocycles. The molecule has 3 aromatic rings. The lowest BCUT2D eigenvalue weighted by atomic mass is 10.2. The van der Waals surface area contributed by atoms with Crippen LogP contribution in [0.1, 0.15) is 5.69 Å². The van der Waals surface area contributed by atoms with Gasteiger partial charge >= 0.3 is 0 Å². The van der Waals surface area contributed by atoms with Gasteiger partial charge in [-0.3, -0.25) is 4.98 Å². The van der Waals surface area contributed by atoms with E-state index in [1.807, 2.05) is 30.3 Å². The second-order valence-corrected chi connectivity index (χ2v) is 4.89. The molecule has 0 fully saturated rings. The van der Waals surface area contributed by atoms with E-state index >= 15 is 0 Å². The molecular weight excluding hydrogens is 292 g/mol. The van der Waals surface area contributed by atoms with E-state index in [4.69, 9.17) is 5.73 Å². The fourth-order valence-corrected chi connectivity index (χ4v) is 2.14. The number of hydrogen-bond donors (Lipinski definition) is 1. The number of rotatable bonds is 2. The van der Waals surface area contributed by atoms with Crippen molar-refractivity contribution >= 4 is 32.7 Å². The highest BCUT2D eigenvalue weighted by molar-refractivity contribution is 9.10. The second kappa shape index (κ2) is 4.42. The summed E-state index contributed by atoms with van der Waals surface area (Å²) in [5.74, 6) is 0.616. The van der Waals surface area contributed by atoms with Crippen molar-refractivity contribution in [2.75, 3.05) is 5.73 Å². The molecule has 18 heavy (non-hydrogen) atoms. The number of hydrogen-bond acceptors (Lipinski definition) is 3. The minimum Gasteiger partial charge on any atom is -0.383 e. The van der Waals surface area contributed by atoms with Gasteiger partial charge < -0.3 is 5.73 Å². The molecule has 2 aromatic heterocycles. The summed E-state index contributed by atoms with van der Waals surface area (Å²) in [6.07, 6.45) is 1.69. The van der Waals surface area contributed by atoms with Crippen molar-refractivity contribution in [2.45, 2.75) is 6.54 Å². The van der Waals surface area contributed by atoms with Gasteiger partial charge in [0.15, 0.2) is 0 Å². The normalized spacial score (nSPS) is 10.9. The lowest BCUT2D eigenvalue weighted by Gasteiger charge is -2.05. The number of halogens is 1. The Morgan fingerprint density at radius 3 is 2.78 bits per heavy atom. The predicted molar refractivity (Wildman–Crippen MR) is 75.2 cm³/mol. The van der Waals surface area contributed by atoms with Crippen LogP contribution in [0.3, 0.4) is 0 Å². The summed E-state index contributed by atoms with van der Waals surface area (Å²) in [6, 6.07) is 12.1. The van der Waals surface area contributed by atoms with Crippen LogP contribution in [-0.4, -0.2) is 14.8 Å². The van der Waals surface area contributed by atoms with Gasteiger partial charge in [-0.2, -0.15) is 5.10 Å². The smallest absolute Gasteiger partial charge is 0.136 e. The molecule has 5 heteroatoms. The number of nitrogens with zero attached hydrogens (tertiary/aromatic N) is 3. The first-order chi connectivity index (χ1) is 8.74. The summed E-state index contributed by atoms with van der Waals surface area (Å²) < 4.78 is 2.53. The molecule has 0 spiro atoms. The Morgan fingerprint density at radius 2 is 2.00 bits per heavy atom. The number of aromatic nitrogens is 3. The third-order valence-electron chi connectivity index (χ3n) is 2.80. The van der Waals surface area contributed by atoms with Gasteiger partial charge in [0.2, 0.25) is 0 Å². The van der Waals surface area contributed by atoms with Crippen molar-refractivity contribution < 1.29 is 0 Å². The van der Waals surface area contributed by atoms with E-state index in [0.717, 1.165) is 21.1 Å². The zero-order chi connectivity index (χ0) is 12.5. The van der Waals surface area contributed by atoms with Gasteiger partial charge in [-0.1, -0.05) is 24.3 Å². The topological polar surface area (TPSA) is 56.7 Å². The molecule has 90 valence electrons. The van der Waals surface area contributed by atoms with Crippen molar-refractivity contribution in [3.8, 4) is 0 Å². The van der Waals surface area contributed by atoms with Crippen LogP contribution in [-0.2, 0) is 6.54 Å². The highest BCUT2D eigenvalue weighted by Crippen LogP contribution is 2.19. The average molecular weight is 303 g/mol. The molecule has 3 rings (SSSR count). The maximum Gasteiger partial charge on any atom is 0.136 e. The highest BCUT2D eigenvalue weighted by Gasteiger charge is 2.06. The Morgan fingerprint density at radius 1 is 1.17 bits per heavy atom. The Labute approximate surface area is 113 Å². The van der Waals surface area contributed by atoms with Crippen LogP contribution >= 0.6 is 15.9 Å². The molecule has 0 atom stereocenters. The van der Waals surface area contributed by atoms with Crippen LogP contribution in [0.2, 0.25) is 0 Å². The van der Waals surface area contributed by atoms with Crippen molar-refractivity contribution in [3.05, 3.63) is 52.8 Å². The van der Waals surface area contributed by atoms with Gasteiger partial charge in [-0.15, -0.1) is 0 Å². The van der Waals surface area contributed by atoms with Gasteiger partial charge in [0.1, 0.15) is 5.82 Å². The van der Waals surface area contributed by atoms with Crippen molar-refractivity contribution in [1.82, 2.24) is 14.8 Å². The van der Waals surface area contributed by atoms with Crippen molar-refractivity contribution in [2.24, 2.45) is 0 Å². The second-order valence-electron chi connectivity index (χ2n) is 4.03. The van der Waals surface area contributed by atoms with Crippen LogP contribution in [0.4, 0.5) is 5.82 Å². The predicted octanol–water partition coefficient (Wildman–Crippen LogP) is 2.82. The maximum atomic E-state index is 5.89. The van der Waals surface area contributed by atoms with Crippen LogP contribution in [0, 0.1) is 0 Å². The quantitative estimate of drug-likeness (QED) is 0.792. The van der Waals surface area contributed by atoms with E-state index in [-0.39, 0.29) is 0 Å². The van der Waals surface area contributed by atoms with Gasteiger partial charge in [0.05, 0.1) is 28.4 Å². The van der Waals surface area contributed by atoms with Crippen LogP contribution in [0.25, 0.3) is 10.9 Å². The van der Waals surface area contributed by atoms with Crippen LogP contribution in [0.15, 0.2) is 47.1 Å². The molecular formula is C13H11BrN4. The van der Waals surface area contributed by atoms with E-state index in [1.54, 1.807) is 10.9 Å². The monoisotopic (exact) mass is 302 g/mol. The molecule has 1 aromatic carbocycles. The minimum atomic E-state index is 0.572. The Balaban J connectivity index is 1.98. The number of benzene rings is 1. The molecule has 0 aliphatic rings. The van der Waals surface area contributed by atoms with Crippen LogP contribution < -0.4 is 5.73 Å². The summed E-state index contributed by atoms with van der Waals surface area (Å²) in [6.45, 7) is 0.572. The Kier molecular flexibility index (Phi) is 2.76. The Hall–Kier alpha value is -1.88. The first-order valence-electron chi connectivity index (χ1n) is 5.55. The largest absolute Gasteiger partial charge is 0.383 e. The fraction of sp³-hybridized carbons (Fsp3) is 0.0769. The van der Waals surface area contributed by atoms with E-state index in [1.165, 1.54) is 0 Å². The number of nitrogens with two attached hydrogens (primary N) is 1. The van der Waals surface area contributed by atoms with Crippen molar-refractivity contribution in [1.29, 1.82) is 0 Å². The van der Waals surface area contributed by atoms with Crippen LogP contribution in [0.5, 0.6) is 0 Å².